The summed E-state index contributed by atoms with van der Waals surface area (Å²) in [6.45, 7) is 12.3. The second-order valence-electron chi connectivity index (χ2n) is 12.4. The van der Waals surface area contributed by atoms with Crippen LogP contribution in [0.15, 0.2) is 48.5 Å². The monoisotopic (exact) mass is 532 g/mol. The maximum absolute atomic E-state index is 13.8. The Labute approximate surface area is 235 Å². The molecule has 2 amide bonds. The highest BCUT2D eigenvalue weighted by Gasteiger charge is 2.42. The van der Waals surface area contributed by atoms with Crippen LogP contribution in [0.25, 0.3) is 0 Å². The number of hydrogen-bond donors (Lipinski definition) is 2. The molecule has 1 heterocycles. The highest BCUT2D eigenvalue weighted by atomic mass is 16.2. The summed E-state index contributed by atoms with van der Waals surface area (Å²) in [4.78, 5) is 31.7. The molecule has 0 aromatic heterocycles. The number of rotatable bonds is 10. The second-order valence-corrected chi connectivity index (χ2v) is 12.4. The van der Waals surface area contributed by atoms with Gasteiger partial charge >= 0.3 is 0 Å². The first kappa shape index (κ1) is 29.3. The van der Waals surface area contributed by atoms with Crippen molar-refractivity contribution in [1.29, 1.82) is 0 Å². The van der Waals surface area contributed by atoms with E-state index in [-0.39, 0.29) is 17.9 Å². The van der Waals surface area contributed by atoms with Crippen molar-refractivity contribution in [3.05, 3.63) is 70.8 Å². The summed E-state index contributed by atoms with van der Waals surface area (Å²) in [5.41, 5.74) is 10.2. The molecule has 6 nitrogen and oxygen atoms in total. The summed E-state index contributed by atoms with van der Waals surface area (Å²) in [6.07, 6.45) is 5.23. The zero-order valence-corrected chi connectivity index (χ0v) is 24.4. The van der Waals surface area contributed by atoms with E-state index in [2.05, 4.69) is 55.3 Å². The molecule has 4 unspecified atom stereocenters. The Kier molecular flexibility index (Phi) is 10.2. The third-order valence-electron chi connectivity index (χ3n) is 8.55. The van der Waals surface area contributed by atoms with Gasteiger partial charge < -0.3 is 16.0 Å². The molecule has 4 rings (SSSR count). The molecule has 39 heavy (non-hydrogen) atoms. The van der Waals surface area contributed by atoms with Gasteiger partial charge in [0, 0.05) is 37.8 Å². The lowest BCUT2D eigenvalue weighted by atomic mass is 9.81. The zero-order chi connectivity index (χ0) is 27.9. The van der Waals surface area contributed by atoms with Crippen molar-refractivity contribution >= 4 is 11.8 Å². The lowest BCUT2D eigenvalue weighted by Gasteiger charge is -2.30. The summed E-state index contributed by atoms with van der Waals surface area (Å²) < 4.78 is 0. The molecule has 0 bridgehead atoms. The van der Waals surface area contributed by atoms with Gasteiger partial charge in [0.1, 0.15) is 6.04 Å². The predicted molar refractivity (Wildman–Crippen MR) is 158 cm³/mol. The summed E-state index contributed by atoms with van der Waals surface area (Å²) in [5.74, 6) is 1.42. The van der Waals surface area contributed by atoms with Crippen LogP contribution in [-0.4, -0.2) is 59.9 Å². The molecule has 0 radical (unpaired) electrons. The molecule has 2 aromatic carbocycles. The highest BCUT2D eigenvalue weighted by Crippen LogP contribution is 2.29. The SMILES string of the molecule is Cc1ccc(CN(CC(C)C)C2CC(C(=O)NCC3CCCC(CN)C3)N(C(=O)c3ccc(C)cc3)C2)cc1. The van der Waals surface area contributed by atoms with Crippen LogP contribution in [0, 0.1) is 31.6 Å². The van der Waals surface area contributed by atoms with Crippen LogP contribution < -0.4 is 11.1 Å². The van der Waals surface area contributed by atoms with Crippen molar-refractivity contribution < 1.29 is 9.59 Å². The first-order chi connectivity index (χ1) is 18.7. The lowest BCUT2D eigenvalue weighted by Crippen LogP contribution is -2.47. The van der Waals surface area contributed by atoms with Crippen molar-refractivity contribution in [1.82, 2.24) is 15.1 Å². The molecule has 212 valence electrons. The number of nitrogens with one attached hydrogen (secondary N) is 1. The van der Waals surface area contributed by atoms with Gasteiger partial charge in [0.25, 0.3) is 5.91 Å². The quantitative estimate of drug-likeness (QED) is 0.455. The maximum Gasteiger partial charge on any atom is 0.254 e. The van der Waals surface area contributed by atoms with Crippen LogP contribution in [0.5, 0.6) is 0 Å². The molecule has 1 saturated heterocycles. The standard InChI is InChI=1S/C33H48N4O2/c1-23(2)20-36(21-26-12-8-24(3)9-13-26)30-17-31(32(38)35-19-28-7-5-6-27(16-28)18-34)37(22-30)33(39)29-14-10-25(4)11-15-29/h8-15,23,27-28,30-31H,5-7,16-22,34H2,1-4H3,(H,35,38). The third-order valence-corrected chi connectivity index (χ3v) is 8.55. The minimum Gasteiger partial charge on any atom is -0.354 e. The van der Waals surface area contributed by atoms with E-state index in [4.69, 9.17) is 5.73 Å². The van der Waals surface area contributed by atoms with Crippen molar-refractivity contribution in [2.45, 2.75) is 78.4 Å². The minimum absolute atomic E-state index is 0.0207. The minimum atomic E-state index is -0.467. The number of carbonyl (C=O) groups excluding carboxylic acids is 2. The van der Waals surface area contributed by atoms with Crippen molar-refractivity contribution in [3.63, 3.8) is 0 Å². The van der Waals surface area contributed by atoms with Gasteiger partial charge in [-0.25, -0.2) is 0 Å². The van der Waals surface area contributed by atoms with E-state index in [9.17, 15) is 9.59 Å². The molecule has 6 heteroatoms. The van der Waals surface area contributed by atoms with E-state index < -0.39 is 6.04 Å². The fraction of sp³-hybridized carbons (Fsp3) is 0.576. The normalized spacial score (nSPS) is 23.4. The van der Waals surface area contributed by atoms with E-state index >= 15 is 0 Å². The Hall–Kier alpha value is -2.70. The van der Waals surface area contributed by atoms with Crippen LogP contribution >= 0.6 is 0 Å². The number of carbonyl (C=O) groups is 2. The third kappa shape index (κ3) is 7.92. The lowest BCUT2D eigenvalue weighted by molar-refractivity contribution is -0.125. The predicted octanol–water partition coefficient (Wildman–Crippen LogP) is 4.93. The van der Waals surface area contributed by atoms with Gasteiger partial charge in [-0.15, -0.1) is 0 Å². The molecule has 2 aliphatic rings. The van der Waals surface area contributed by atoms with Crippen LogP contribution in [0.3, 0.4) is 0 Å². The molecule has 2 aromatic rings. The van der Waals surface area contributed by atoms with E-state index in [1.165, 1.54) is 24.0 Å². The molecule has 3 N–H and O–H groups in total. The van der Waals surface area contributed by atoms with Gasteiger partial charge in [0.15, 0.2) is 0 Å². The maximum atomic E-state index is 13.8. The Morgan fingerprint density at radius 3 is 2.26 bits per heavy atom. The fourth-order valence-corrected chi connectivity index (χ4v) is 6.32. The molecule has 1 saturated carbocycles. The van der Waals surface area contributed by atoms with E-state index in [1.807, 2.05) is 36.1 Å². The van der Waals surface area contributed by atoms with E-state index in [0.717, 1.165) is 38.0 Å². The number of amides is 2. The van der Waals surface area contributed by atoms with Gasteiger partial charge in [-0.3, -0.25) is 14.5 Å². The number of nitrogens with two attached hydrogens (primary N) is 1. The van der Waals surface area contributed by atoms with Crippen LogP contribution in [0.4, 0.5) is 0 Å². The van der Waals surface area contributed by atoms with Crippen molar-refractivity contribution in [2.75, 3.05) is 26.2 Å². The van der Waals surface area contributed by atoms with E-state index in [1.54, 1.807) is 0 Å². The van der Waals surface area contributed by atoms with Gasteiger partial charge in [-0.2, -0.15) is 0 Å². The molecular formula is C33H48N4O2. The van der Waals surface area contributed by atoms with Crippen molar-refractivity contribution in [3.8, 4) is 0 Å². The number of likely N-dealkylation sites (tertiary alicyclic amines) is 1. The number of aryl methyl sites for hydroxylation is 2. The molecule has 1 aliphatic heterocycles. The van der Waals surface area contributed by atoms with Crippen LogP contribution in [0.2, 0.25) is 0 Å². The molecule has 1 aliphatic carbocycles. The molecule has 0 spiro atoms. The van der Waals surface area contributed by atoms with Gasteiger partial charge in [-0.05, 0) is 81.5 Å². The highest BCUT2D eigenvalue weighted by molar-refractivity contribution is 5.98. The zero-order valence-electron chi connectivity index (χ0n) is 24.4. The van der Waals surface area contributed by atoms with Gasteiger partial charge in [-0.1, -0.05) is 67.8 Å². The summed E-state index contributed by atoms with van der Waals surface area (Å²) in [7, 11) is 0. The Balaban J connectivity index is 1.52. The molecular weight excluding hydrogens is 484 g/mol. The summed E-state index contributed by atoms with van der Waals surface area (Å²) in [6, 6.07) is 16.0. The topological polar surface area (TPSA) is 78.7 Å². The smallest absolute Gasteiger partial charge is 0.254 e. The van der Waals surface area contributed by atoms with Crippen molar-refractivity contribution in [2.24, 2.45) is 23.5 Å². The largest absolute Gasteiger partial charge is 0.354 e. The molecule has 2 fully saturated rings. The average molecular weight is 533 g/mol. The van der Waals surface area contributed by atoms with Crippen LogP contribution in [-0.2, 0) is 11.3 Å². The Morgan fingerprint density at radius 2 is 1.62 bits per heavy atom. The molecule has 4 atom stereocenters. The fourth-order valence-electron chi connectivity index (χ4n) is 6.32. The van der Waals surface area contributed by atoms with Gasteiger partial charge in [0.05, 0.1) is 0 Å². The second kappa shape index (κ2) is 13.6. The first-order valence-electron chi connectivity index (χ1n) is 14.9. The Morgan fingerprint density at radius 1 is 0.974 bits per heavy atom. The number of nitrogens with zero attached hydrogens (tertiary/aromatic N) is 2. The summed E-state index contributed by atoms with van der Waals surface area (Å²) in [5, 5.41) is 3.25. The van der Waals surface area contributed by atoms with E-state index in [0.29, 0.717) is 42.8 Å². The van der Waals surface area contributed by atoms with Crippen LogP contribution in [0.1, 0.15) is 73.0 Å². The first-order valence-corrected chi connectivity index (χ1v) is 14.9. The van der Waals surface area contributed by atoms with Gasteiger partial charge in [0.2, 0.25) is 5.91 Å². The Bertz CT molecular complexity index is 1080. The number of hydrogen-bond acceptors (Lipinski definition) is 4. The summed E-state index contributed by atoms with van der Waals surface area (Å²) >= 11 is 0. The number of benzene rings is 2. The average Bonchev–Trinajstić information content (AvgIpc) is 3.38.